The summed E-state index contributed by atoms with van der Waals surface area (Å²) in [5.74, 6) is -0.112. The SMILES string of the molecule is CCOC(=O)N1CCC(NC(=O)CC2(N3Cc4ccccc4C3=O)CCN(C(C)=O)CC2)CC1. The molecule has 2 saturated heterocycles. The molecule has 0 saturated carbocycles. The number of likely N-dealkylation sites (tertiary alicyclic amines) is 2. The summed E-state index contributed by atoms with van der Waals surface area (Å²) in [6, 6.07) is 7.58. The van der Waals surface area contributed by atoms with Crippen LogP contribution < -0.4 is 5.32 Å². The molecular formula is C25H34N4O5. The van der Waals surface area contributed by atoms with Gasteiger partial charge in [-0.2, -0.15) is 0 Å². The van der Waals surface area contributed by atoms with E-state index >= 15 is 0 Å². The minimum atomic E-state index is -0.627. The highest BCUT2D eigenvalue weighted by molar-refractivity contribution is 5.99. The molecule has 3 aliphatic heterocycles. The topological polar surface area (TPSA) is 99.3 Å². The number of fused-ring (bicyclic) bond motifs is 1. The number of hydrogen-bond acceptors (Lipinski definition) is 5. The number of carbonyl (C=O) groups is 4. The zero-order valence-corrected chi connectivity index (χ0v) is 20.0. The summed E-state index contributed by atoms with van der Waals surface area (Å²) < 4.78 is 5.06. The van der Waals surface area contributed by atoms with Gasteiger partial charge in [0.1, 0.15) is 0 Å². The molecule has 0 aliphatic carbocycles. The summed E-state index contributed by atoms with van der Waals surface area (Å²) >= 11 is 0. The monoisotopic (exact) mass is 470 g/mol. The van der Waals surface area contributed by atoms with E-state index in [9.17, 15) is 19.2 Å². The quantitative estimate of drug-likeness (QED) is 0.711. The number of hydrogen-bond donors (Lipinski definition) is 1. The van der Waals surface area contributed by atoms with Gasteiger partial charge >= 0.3 is 6.09 Å². The molecule has 184 valence electrons. The number of nitrogens with zero attached hydrogens (tertiary/aromatic N) is 3. The summed E-state index contributed by atoms with van der Waals surface area (Å²) in [7, 11) is 0. The molecule has 4 amide bonds. The van der Waals surface area contributed by atoms with Crippen LogP contribution >= 0.6 is 0 Å². The second-order valence-electron chi connectivity index (χ2n) is 9.48. The van der Waals surface area contributed by atoms with E-state index in [4.69, 9.17) is 4.74 Å². The fourth-order valence-electron chi connectivity index (χ4n) is 5.42. The second-order valence-corrected chi connectivity index (χ2v) is 9.48. The van der Waals surface area contributed by atoms with Crippen molar-refractivity contribution in [1.29, 1.82) is 0 Å². The highest BCUT2D eigenvalue weighted by Gasteiger charge is 2.47. The summed E-state index contributed by atoms with van der Waals surface area (Å²) in [5, 5.41) is 3.14. The van der Waals surface area contributed by atoms with Crippen molar-refractivity contribution in [2.75, 3.05) is 32.8 Å². The van der Waals surface area contributed by atoms with Gasteiger partial charge in [-0.05, 0) is 44.2 Å². The first-order valence-corrected chi connectivity index (χ1v) is 12.2. The molecule has 1 aromatic rings. The number of benzene rings is 1. The van der Waals surface area contributed by atoms with Gasteiger partial charge in [-0.15, -0.1) is 0 Å². The maximum Gasteiger partial charge on any atom is 0.409 e. The number of nitrogens with one attached hydrogen (secondary N) is 1. The molecule has 34 heavy (non-hydrogen) atoms. The molecule has 0 radical (unpaired) electrons. The van der Waals surface area contributed by atoms with Crippen LogP contribution in [-0.4, -0.2) is 82.9 Å². The molecule has 1 N–H and O–H groups in total. The van der Waals surface area contributed by atoms with Crippen molar-refractivity contribution in [2.24, 2.45) is 0 Å². The van der Waals surface area contributed by atoms with Crippen LogP contribution in [0.4, 0.5) is 4.79 Å². The lowest BCUT2D eigenvalue weighted by molar-refractivity contribution is -0.132. The Morgan fingerprint density at radius 2 is 1.74 bits per heavy atom. The third kappa shape index (κ3) is 4.88. The molecule has 2 fully saturated rings. The predicted octanol–water partition coefficient (Wildman–Crippen LogP) is 2.15. The van der Waals surface area contributed by atoms with Crippen LogP contribution in [0.3, 0.4) is 0 Å². The molecule has 4 rings (SSSR count). The Morgan fingerprint density at radius 3 is 2.35 bits per heavy atom. The van der Waals surface area contributed by atoms with Crippen LogP contribution in [0, 0.1) is 0 Å². The van der Waals surface area contributed by atoms with Crippen LogP contribution in [0.1, 0.15) is 61.9 Å². The van der Waals surface area contributed by atoms with E-state index in [0.29, 0.717) is 70.6 Å². The normalized spacial score (nSPS) is 20.2. The van der Waals surface area contributed by atoms with Crippen molar-refractivity contribution in [2.45, 2.75) is 64.1 Å². The Balaban J connectivity index is 1.43. The van der Waals surface area contributed by atoms with E-state index < -0.39 is 5.54 Å². The number of ether oxygens (including phenoxy) is 1. The van der Waals surface area contributed by atoms with E-state index in [1.54, 1.807) is 23.6 Å². The van der Waals surface area contributed by atoms with E-state index in [2.05, 4.69) is 5.32 Å². The largest absolute Gasteiger partial charge is 0.450 e. The lowest BCUT2D eigenvalue weighted by Gasteiger charge is -2.47. The van der Waals surface area contributed by atoms with Gasteiger partial charge in [-0.1, -0.05) is 18.2 Å². The van der Waals surface area contributed by atoms with Crippen LogP contribution in [-0.2, 0) is 20.9 Å². The van der Waals surface area contributed by atoms with Crippen molar-refractivity contribution >= 4 is 23.8 Å². The molecule has 9 heteroatoms. The molecular weight excluding hydrogens is 436 g/mol. The molecule has 0 bridgehead atoms. The standard InChI is InChI=1S/C25H34N4O5/c1-3-34-24(33)28-12-8-20(9-13-28)26-22(31)16-25(10-14-27(15-11-25)18(2)30)29-17-19-6-4-5-7-21(19)23(29)32/h4-7,20H,3,8-17H2,1-2H3,(H,26,31). The summed E-state index contributed by atoms with van der Waals surface area (Å²) in [4.78, 5) is 55.7. The highest BCUT2D eigenvalue weighted by atomic mass is 16.6. The van der Waals surface area contributed by atoms with Crippen LogP contribution in [0.15, 0.2) is 24.3 Å². The molecule has 0 atom stereocenters. The van der Waals surface area contributed by atoms with Gasteiger partial charge in [-0.3, -0.25) is 14.4 Å². The summed E-state index contributed by atoms with van der Waals surface area (Å²) in [6.07, 6.45) is 2.38. The van der Waals surface area contributed by atoms with Gasteiger partial charge < -0.3 is 24.8 Å². The van der Waals surface area contributed by atoms with E-state index in [1.807, 2.05) is 29.2 Å². The number of piperidine rings is 2. The zero-order valence-electron chi connectivity index (χ0n) is 20.0. The highest BCUT2D eigenvalue weighted by Crippen LogP contribution is 2.38. The van der Waals surface area contributed by atoms with Crippen LogP contribution in [0.5, 0.6) is 0 Å². The Morgan fingerprint density at radius 1 is 1.06 bits per heavy atom. The smallest absolute Gasteiger partial charge is 0.409 e. The molecule has 9 nitrogen and oxygen atoms in total. The zero-order chi connectivity index (χ0) is 24.3. The van der Waals surface area contributed by atoms with Gasteiger partial charge in [0.15, 0.2) is 0 Å². The number of rotatable bonds is 5. The minimum absolute atomic E-state index is 0.0148. The second kappa shape index (κ2) is 10.0. The summed E-state index contributed by atoms with van der Waals surface area (Å²) in [5.41, 5.74) is 1.05. The van der Waals surface area contributed by atoms with Crippen molar-refractivity contribution in [1.82, 2.24) is 20.0 Å². The predicted molar refractivity (Wildman–Crippen MR) is 125 cm³/mol. The number of amides is 4. The lowest BCUT2D eigenvalue weighted by Crippen LogP contribution is -2.58. The summed E-state index contributed by atoms with van der Waals surface area (Å²) in [6.45, 7) is 6.31. The fourth-order valence-corrected chi connectivity index (χ4v) is 5.42. The van der Waals surface area contributed by atoms with Gasteiger partial charge in [0, 0.05) is 51.3 Å². The van der Waals surface area contributed by atoms with Crippen molar-refractivity contribution < 1.29 is 23.9 Å². The van der Waals surface area contributed by atoms with Crippen molar-refractivity contribution in [3.05, 3.63) is 35.4 Å². The molecule has 3 heterocycles. The average Bonchev–Trinajstić information content (AvgIpc) is 3.17. The minimum Gasteiger partial charge on any atom is -0.450 e. The Hall–Kier alpha value is -3.10. The fraction of sp³-hybridized carbons (Fsp3) is 0.600. The van der Waals surface area contributed by atoms with Crippen molar-refractivity contribution in [3.63, 3.8) is 0 Å². The van der Waals surface area contributed by atoms with E-state index in [-0.39, 0.29) is 36.3 Å². The average molecular weight is 471 g/mol. The third-order valence-corrected chi connectivity index (χ3v) is 7.41. The van der Waals surface area contributed by atoms with E-state index in [0.717, 1.165) is 5.56 Å². The van der Waals surface area contributed by atoms with Gasteiger partial charge in [-0.25, -0.2) is 4.79 Å². The molecule has 0 aromatic heterocycles. The molecule has 3 aliphatic rings. The Bertz CT molecular complexity index is 948. The molecule has 0 spiro atoms. The first-order chi connectivity index (χ1) is 16.3. The maximum atomic E-state index is 13.3. The Kier molecular flexibility index (Phi) is 7.09. The third-order valence-electron chi connectivity index (χ3n) is 7.41. The van der Waals surface area contributed by atoms with Crippen LogP contribution in [0.25, 0.3) is 0 Å². The lowest BCUT2D eigenvalue weighted by atomic mass is 9.82. The van der Waals surface area contributed by atoms with Gasteiger partial charge in [0.25, 0.3) is 5.91 Å². The van der Waals surface area contributed by atoms with E-state index in [1.165, 1.54) is 0 Å². The molecule has 0 unspecified atom stereocenters. The number of carbonyl (C=O) groups excluding carboxylic acids is 4. The van der Waals surface area contributed by atoms with Crippen molar-refractivity contribution in [3.8, 4) is 0 Å². The maximum absolute atomic E-state index is 13.3. The molecule has 1 aromatic carbocycles. The Labute approximate surface area is 200 Å². The van der Waals surface area contributed by atoms with Gasteiger partial charge in [0.2, 0.25) is 11.8 Å². The van der Waals surface area contributed by atoms with Gasteiger partial charge in [0.05, 0.1) is 18.6 Å². The van der Waals surface area contributed by atoms with Crippen LogP contribution in [0.2, 0.25) is 0 Å². The first-order valence-electron chi connectivity index (χ1n) is 12.2. The first kappa shape index (κ1) is 24.0.